The molecule has 0 saturated carbocycles. The van der Waals surface area contributed by atoms with Crippen molar-refractivity contribution in [2.24, 2.45) is 0 Å². The van der Waals surface area contributed by atoms with E-state index in [9.17, 15) is 8.42 Å². The molecule has 4 rings (SSSR count). The summed E-state index contributed by atoms with van der Waals surface area (Å²) in [4.78, 5) is 12.7. The standard InChI is InChI=1S/C23H23N5O4S2/c1-4-15-5-7-16(8-6-15)19-14-33-23(25-19)24-17-9-11-18(12-10-17)34(29,30)28-20-13-21(31-2)27-22(26-20)32-3/h5-14H,4H2,1-3H3,(H,24,25)(H,26,27,28). The number of sulfonamides is 1. The maximum absolute atomic E-state index is 12.8. The highest BCUT2D eigenvalue weighted by Crippen LogP contribution is 2.28. The molecule has 0 aliphatic carbocycles. The van der Waals surface area contributed by atoms with Crippen molar-refractivity contribution in [3.8, 4) is 23.1 Å². The molecule has 0 radical (unpaired) electrons. The van der Waals surface area contributed by atoms with E-state index < -0.39 is 10.0 Å². The average Bonchev–Trinajstić information content (AvgIpc) is 3.32. The minimum atomic E-state index is -3.88. The molecular formula is C23H23N5O4S2. The fraction of sp³-hybridized carbons (Fsp3) is 0.174. The smallest absolute Gasteiger partial charge is 0.321 e. The van der Waals surface area contributed by atoms with Crippen LogP contribution in [0.25, 0.3) is 11.3 Å². The number of methoxy groups -OCH3 is 2. The number of hydrogen-bond donors (Lipinski definition) is 2. The Hall–Kier alpha value is -3.70. The van der Waals surface area contributed by atoms with E-state index in [4.69, 9.17) is 9.47 Å². The molecule has 4 aromatic rings. The lowest BCUT2D eigenvalue weighted by Crippen LogP contribution is -2.14. The zero-order chi connectivity index (χ0) is 24.1. The molecule has 0 fully saturated rings. The molecule has 11 heteroatoms. The number of aromatic nitrogens is 3. The molecule has 2 aromatic heterocycles. The predicted molar refractivity (Wildman–Crippen MR) is 133 cm³/mol. The lowest BCUT2D eigenvalue weighted by molar-refractivity contribution is 0.353. The van der Waals surface area contributed by atoms with Gasteiger partial charge in [-0.2, -0.15) is 9.97 Å². The lowest BCUT2D eigenvalue weighted by atomic mass is 10.1. The zero-order valence-corrected chi connectivity index (χ0v) is 20.4. The third kappa shape index (κ3) is 5.43. The molecule has 2 heterocycles. The highest BCUT2D eigenvalue weighted by Gasteiger charge is 2.17. The Morgan fingerprint density at radius 2 is 1.68 bits per heavy atom. The van der Waals surface area contributed by atoms with Gasteiger partial charge in [-0.3, -0.25) is 4.72 Å². The Balaban J connectivity index is 1.46. The molecule has 2 N–H and O–H groups in total. The van der Waals surface area contributed by atoms with Gasteiger partial charge in [0.2, 0.25) is 5.88 Å². The molecule has 2 aromatic carbocycles. The van der Waals surface area contributed by atoms with Crippen LogP contribution in [-0.2, 0) is 16.4 Å². The van der Waals surface area contributed by atoms with Crippen LogP contribution in [0.4, 0.5) is 16.6 Å². The first kappa shape index (κ1) is 23.5. The van der Waals surface area contributed by atoms with Crippen molar-refractivity contribution in [3.63, 3.8) is 0 Å². The number of benzene rings is 2. The molecule has 0 bridgehead atoms. The van der Waals surface area contributed by atoms with Gasteiger partial charge < -0.3 is 14.8 Å². The van der Waals surface area contributed by atoms with E-state index in [1.165, 1.54) is 49.3 Å². The fourth-order valence-electron chi connectivity index (χ4n) is 3.06. The van der Waals surface area contributed by atoms with Crippen LogP contribution in [0.5, 0.6) is 11.9 Å². The topological polar surface area (TPSA) is 115 Å². The van der Waals surface area contributed by atoms with Gasteiger partial charge in [-0.25, -0.2) is 13.4 Å². The second-order valence-corrected chi connectivity index (χ2v) is 9.67. The summed E-state index contributed by atoms with van der Waals surface area (Å²) in [6.07, 6.45) is 0.993. The van der Waals surface area contributed by atoms with Crippen molar-refractivity contribution < 1.29 is 17.9 Å². The molecule has 0 aliphatic heterocycles. The van der Waals surface area contributed by atoms with E-state index in [0.29, 0.717) is 10.8 Å². The van der Waals surface area contributed by atoms with Crippen molar-refractivity contribution in [3.05, 3.63) is 65.5 Å². The number of rotatable bonds is 9. The molecular weight excluding hydrogens is 474 g/mol. The quantitative estimate of drug-likeness (QED) is 0.341. The van der Waals surface area contributed by atoms with Crippen molar-refractivity contribution in [2.75, 3.05) is 24.3 Å². The Kier molecular flexibility index (Phi) is 6.94. The Morgan fingerprint density at radius 1 is 0.941 bits per heavy atom. The maximum atomic E-state index is 12.8. The number of nitrogens with zero attached hydrogens (tertiary/aromatic N) is 3. The van der Waals surface area contributed by atoms with Crippen molar-refractivity contribution in [1.29, 1.82) is 0 Å². The van der Waals surface area contributed by atoms with Gasteiger partial charge in [0.05, 0.1) is 24.8 Å². The maximum Gasteiger partial charge on any atom is 0.321 e. The van der Waals surface area contributed by atoms with Crippen molar-refractivity contribution in [1.82, 2.24) is 15.0 Å². The van der Waals surface area contributed by atoms with Crippen LogP contribution in [-0.4, -0.2) is 37.6 Å². The molecule has 0 aliphatic rings. The molecule has 0 saturated heterocycles. The summed E-state index contributed by atoms with van der Waals surface area (Å²) in [7, 11) is -1.09. The molecule has 9 nitrogen and oxygen atoms in total. The van der Waals surface area contributed by atoms with Crippen LogP contribution in [0, 0.1) is 0 Å². The first-order valence-electron chi connectivity index (χ1n) is 10.3. The molecule has 0 spiro atoms. The van der Waals surface area contributed by atoms with Gasteiger partial charge in [0, 0.05) is 22.7 Å². The number of thiazole rings is 1. The first-order chi connectivity index (χ1) is 16.4. The molecule has 0 atom stereocenters. The summed E-state index contributed by atoms with van der Waals surface area (Å²) in [5.74, 6) is 0.210. The highest BCUT2D eigenvalue weighted by molar-refractivity contribution is 7.92. The van der Waals surface area contributed by atoms with Crippen molar-refractivity contribution >= 4 is 38.0 Å². The number of ether oxygens (including phenoxy) is 2. The zero-order valence-electron chi connectivity index (χ0n) is 18.8. The van der Waals surface area contributed by atoms with Crippen LogP contribution in [0.3, 0.4) is 0 Å². The second kappa shape index (κ2) is 10.1. The summed E-state index contributed by atoms with van der Waals surface area (Å²) in [5.41, 5.74) is 3.92. The molecule has 34 heavy (non-hydrogen) atoms. The van der Waals surface area contributed by atoms with Crippen LogP contribution in [0.1, 0.15) is 12.5 Å². The van der Waals surface area contributed by atoms with Gasteiger partial charge >= 0.3 is 6.01 Å². The number of anilines is 3. The third-order valence-electron chi connectivity index (χ3n) is 4.89. The Morgan fingerprint density at radius 3 is 2.32 bits per heavy atom. The fourth-order valence-corrected chi connectivity index (χ4v) is 4.80. The van der Waals surface area contributed by atoms with Crippen molar-refractivity contribution in [2.45, 2.75) is 18.2 Å². The summed E-state index contributed by atoms with van der Waals surface area (Å²) < 4.78 is 38.0. The molecule has 176 valence electrons. The third-order valence-corrected chi connectivity index (χ3v) is 7.02. The number of nitrogens with one attached hydrogen (secondary N) is 2. The largest absolute Gasteiger partial charge is 0.481 e. The van der Waals surface area contributed by atoms with Gasteiger partial charge in [0.25, 0.3) is 10.0 Å². The van der Waals surface area contributed by atoms with Gasteiger partial charge in [-0.15, -0.1) is 11.3 Å². The van der Waals surface area contributed by atoms with Crippen LogP contribution in [0.15, 0.2) is 64.9 Å². The van der Waals surface area contributed by atoms with Gasteiger partial charge in [-0.05, 0) is 36.2 Å². The SMILES string of the molecule is CCc1ccc(-c2csc(Nc3ccc(S(=O)(=O)Nc4cc(OC)nc(OC)n4)cc3)n2)cc1. The Labute approximate surface area is 201 Å². The summed E-state index contributed by atoms with van der Waals surface area (Å²) in [5, 5.41) is 5.91. The second-order valence-electron chi connectivity index (χ2n) is 7.13. The first-order valence-corrected chi connectivity index (χ1v) is 12.7. The van der Waals surface area contributed by atoms with Gasteiger partial charge in [-0.1, -0.05) is 31.2 Å². The van der Waals surface area contributed by atoms with E-state index in [-0.39, 0.29) is 22.6 Å². The normalized spacial score (nSPS) is 11.1. The monoisotopic (exact) mass is 497 g/mol. The van der Waals surface area contributed by atoms with Gasteiger partial charge in [0.1, 0.15) is 0 Å². The minimum Gasteiger partial charge on any atom is -0.481 e. The Bertz CT molecular complexity index is 1350. The lowest BCUT2D eigenvalue weighted by Gasteiger charge is -2.10. The van der Waals surface area contributed by atoms with E-state index in [0.717, 1.165) is 17.7 Å². The number of hydrogen-bond acceptors (Lipinski definition) is 9. The van der Waals surface area contributed by atoms with E-state index in [2.05, 4.69) is 56.2 Å². The van der Waals surface area contributed by atoms with E-state index in [1.54, 1.807) is 12.1 Å². The van der Waals surface area contributed by atoms with Crippen LogP contribution >= 0.6 is 11.3 Å². The summed E-state index contributed by atoms with van der Waals surface area (Å²) in [6.45, 7) is 2.12. The average molecular weight is 498 g/mol. The van der Waals surface area contributed by atoms with Crippen LogP contribution in [0.2, 0.25) is 0 Å². The van der Waals surface area contributed by atoms with Gasteiger partial charge in [0.15, 0.2) is 10.9 Å². The van der Waals surface area contributed by atoms with Crippen LogP contribution < -0.4 is 19.5 Å². The minimum absolute atomic E-state index is 0.0132. The number of aryl methyl sites for hydroxylation is 1. The summed E-state index contributed by atoms with van der Waals surface area (Å²) >= 11 is 1.48. The molecule has 0 amide bonds. The highest BCUT2D eigenvalue weighted by atomic mass is 32.2. The predicted octanol–water partition coefficient (Wildman–Crippen LogP) is 4.72. The summed E-state index contributed by atoms with van der Waals surface area (Å²) in [6, 6.07) is 16.0. The van der Waals surface area contributed by atoms with E-state index >= 15 is 0 Å². The molecule has 0 unspecified atom stereocenters. The van der Waals surface area contributed by atoms with E-state index in [1.807, 2.05) is 5.38 Å².